The van der Waals surface area contributed by atoms with Gasteiger partial charge in [-0.15, -0.1) is 0 Å². The molecule has 0 amide bonds. The molecule has 96 valence electrons. The maximum atomic E-state index is 13.9. The summed E-state index contributed by atoms with van der Waals surface area (Å²) in [5, 5.41) is 8.91. The van der Waals surface area contributed by atoms with Crippen molar-refractivity contribution < 1.29 is 4.39 Å². The Labute approximate surface area is 119 Å². The summed E-state index contributed by atoms with van der Waals surface area (Å²) in [6.07, 6.45) is 0. The first-order chi connectivity index (χ1) is 9.02. The second kappa shape index (κ2) is 5.29. The minimum atomic E-state index is -0.354. The van der Waals surface area contributed by atoms with Crippen LogP contribution in [0.2, 0.25) is 0 Å². The zero-order valence-electron chi connectivity index (χ0n) is 10.2. The first-order valence-electron chi connectivity index (χ1n) is 5.51. The molecular formula is C14H11BrFN3. The van der Waals surface area contributed by atoms with Gasteiger partial charge in [-0.1, -0.05) is 15.9 Å². The molecule has 2 N–H and O–H groups in total. The Kier molecular flexibility index (Phi) is 3.72. The molecule has 0 aliphatic rings. The third-order valence-corrected chi connectivity index (χ3v) is 3.28. The van der Waals surface area contributed by atoms with E-state index in [1.165, 1.54) is 6.07 Å². The smallest absolute Gasteiger partial charge is 0.146 e. The average molecular weight is 320 g/mol. The molecule has 3 nitrogen and oxygen atoms in total. The summed E-state index contributed by atoms with van der Waals surface area (Å²) in [5.41, 5.74) is 7.83. The van der Waals surface area contributed by atoms with Gasteiger partial charge >= 0.3 is 0 Å². The van der Waals surface area contributed by atoms with Crippen molar-refractivity contribution in [2.75, 3.05) is 17.7 Å². The number of nitrogens with zero attached hydrogens (tertiary/aromatic N) is 2. The van der Waals surface area contributed by atoms with Crippen molar-refractivity contribution in [3.63, 3.8) is 0 Å². The SMILES string of the molecule is CN(c1cc(C#N)ccc1N)c1cc(Br)ccc1F. The normalized spacial score (nSPS) is 10.0. The number of nitriles is 1. The number of hydrogen-bond donors (Lipinski definition) is 1. The molecule has 19 heavy (non-hydrogen) atoms. The molecule has 0 bridgehead atoms. The molecule has 2 rings (SSSR count). The van der Waals surface area contributed by atoms with Gasteiger partial charge in [0.1, 0.15) is 5.82 Å². The number of benzene rings is 2. The number of halogens is 2. The van der Waals surface area contributed by atoms with Crippen LogP contribution < -0.4 is 10.6 Å². The molecule has 0 aliphatic carbocycles. The molecule has 0 radical (unpaired) electrons. The minimum Gasteiger partial charge on any atom is -0.397 e. The van der Waals surface area contributed by atoms with Crippen molar-refractivity contribution in [2.45, 2.75) is 0 Å². The summed E-state index contributed by atoms with van der Waals surface area (Å²) in [6, 6.07) is 11.6. The molecule has 5 heteroatoms. The van der Waals surface area contributed by atoms with Crippen LogP contribution in [0.1, 0.15) is 5.56 Å². The van der Waals surface area contributed by atoms with Gasteiger partial charge in [0, 0.05) is 11.5 Å². The summed E-state index contributed by atoms with van der Waals surface area (Å²) >= 11 is 3.31. The van der Waals surface area contributed by atoms with Crippen LogP contribution in [0.15, 0.2) is 40.9 Å². The Balaban J connectivity index is 2.52. The highest BCUT2D eigenvalue weighted by Gasteiger charge is 2.13. The van der Waals surface area contributed by atoms with Crippen molar-refractivity contribution in [1.29, 1.82) is 5.26 Å². The summed E-state index contributed by atoms with van der Waals surface area (Å²) in [5.74, 6) is -0.354. The molecule has 0 fully saturated rings. The molecule has 0 aromatic heterocycles. The lowest BCUT2D eigenvalue weighted by Crippen LogP contribution is -2.13. The molecule has 0 spiro atoms. The van der Waals surface area contributed by atoms with E-state index in [0.29, 0.717) is 22.6 Å². The minimum absolute atomic E-state index is 0.354. The van der Waals surface area contributed by atoms with Gasteiger partial charge < -0.3 is 10.6 Å². The average Bonchev–Trinajstić information content (AvgIpc) is 2.41. The molecule has 0 heterocycles. The fraction of sp³-hybridized carbons (Fsp3) is 0.0714. The second-order valence-electron chi connectivity index (χ2n) is 4.04. The highest BCUT2D eigenvalue weighted by molar-refractivity contribution is 9.10. The lowest BCUT2D eigenvalue weighted by molar-refractivity contribution is 0.627. The molecule has 2 aromatic carbocycles. The highest BCUT2D eigenvalue weighted by Crippen LogP contribution is 2.32. The van der Waals surface area contributed by atoms with E-state index in [-0.39, 0.29) is 5.82 Å². The van der Waals surface area contributed by atoms with Crippen molar-refractivity contribution in [2.24, 2.45) is 0 Å². The topological polar surface area (TPSA) is 53.0 Å². The molecule has 2 aromatic rings. The van der Waals surface area contributed by atoms with Crippen LogP contribution in [-0.4, -0.2) is 7.05 Å². The van der Waals surface area contributed by atoms with Gasteiger partial charge in [-0.25, -0.2) is 4.39 Å². The Morgan fingerprint density at radius 1 is 1.21 bits per heavy atom. The van der Waals surface area contributed by atoms with Gasteiger partial charge in [0.25, 0.3) is 0 Å². The third kappa shape index (κ3) is 2.69. The fourth-order valence-electron chi connectivity index (χ4n) is 1.78. The van der Waals surface area contributed by atoms with Gasteiger partial charge in [0.2, 0.25) is 0 Å². The Morgan fingerprint density at radius 2 is 1.95 bits per heavy atom. The summed E-state index contributed by atoms with van der Waals surface area (Å²) in [4.78, 5) is 1.62. The van der Waals surface area contributed by atoms with E-state index in [2.05, 4.69) is 15.9 Å². The van der Waals surface area contributed by atoms with Crippen LogP contribution in [0.3, 0.4) is 0 Å². The predicted octanol–water partition coefficient (Wildman–Crippen LogP) is 3.81. The standard InChI is InChI=1S/C14H11BrFN3/c1-19(13-7-10(15)3-4-11(13)16)14-6-9(8-17)2-5-12(14)18/h2-7H,18H2,1H3. The van der Waals surface area contributed by atoms with Gasteiger partial charge in [0.15, 0.2) is 0 Å². The number of nitrogen functional groups attached to an aromatic ring is 1. The van der Waals surface area contributed by atoms with Crippen molar-refractivity contribution in [3.05, 3.63) is 52.3 Å². The molecule has 0 saturated carbocycles. The van der Waals surface area contributed by atoms with Crippen LogP contribution in [0, 0.1) is 17.1 Å². The maximum Gasteiger partial charge on any atom is 0.146 e. The molecule has 0 aliphatic heterocycles. The van der Waals surface area contributed by atoms with E-state index in [9.17, 15) is 4.39 Å². The third-order valence-electron chi connectivity index (χ3n) is 2.79. The van der Waals surface area contributed by atoms with Crippen LogP contribution in [0.4, 0.5) is 21.5 Å². The maximum absolute atomic E-state index is 13.9. The zero-order valence-corrected chi connectivity index (χ0v) is 11.8. The Morgan fingerprint density at radius 3 is 2.63 bits per heavy atom. The predicted molar refractivity (Wildman–Crippen MR) is 77.7 cm³/mol. The number of hydrogen-bond acceptors (Lipinski definition) is 3. The number of rotatable bonds is 2. The van der Waals surface area contributed by atoms with E-state index >= 15 is 0 Å². The van der Waals surface area contributed by atoms with Crippen LogP contribution in [-0.2, 0) is 0 Å². The van der Waals surface area contributed by atoms with Crippen LogP contribution in [0.25, 0.3) is 0 Å². The molecule has 0 atom stereocenters. The van der Waals surface area contributed by atoms with E-state index in [1.807, 2.05) is 6.07 Å². The number of anilines is 3. The number of nitrogens with two attached hydrogens (primary N) is 1. The monoisotopic (exact) mass is 319 g/mol. The summed E-state index contributed by atoms with van der Waals surface area (Å²) in [6.45, 7) is 0. The van der Waals surface area contributed by atoms with Crippen molar-refractivity contribution in [3.8, 4) is 6.07 Å². The fourth-order valence-corrected chi connectivity index (χ4v) is 2.13. The summed E-state index contributed by atoms with van der Waals surface area (Å²) < 4.78 is 14.6. The van der Waals surface area contributed by atoms with Crippen LogP contribution >= 0.6 is 15.9 Å². The van der Waals surface area contributed by atoms with E-state index in [0.717, 1.165) is 4.47 Å². The van der Waals surface area contributed by atoms with E-state index in [1.54, 1.807) is 42.3 Å². The lowest BCUT2D eigenvalue weighted by Gasteiger charge is -2.22. The van der Waals surface area contributed by atoms with E-state index in [4.69, 9.17) is 11.0 Å². The first-order valence-corrected chi connectivity index (χ1v) is 6.30. The van der Waals surface area contributed by atoms with Crippen molar-refractivity contribution >= 4 is 33.0 Å². The van der Waals surface area contributed by atoms with Gasteiger partial charge in [-0.3, -0.25) is 0 Å². The Bertz CT molecular complexity index is 664. The van der Waals surface area contributed by atoms with Gasteiger partial charge in [0.05, 0.1) is 28.7 Å². The highest BCUT2D eigenvalue weighted by atomic mass is 79.9. The quantitative estimate of drug-likeness (QED) is 0.856. The molecular weight excluding hydrogens is 309 g/mol. The largest absolute Gasteiger partial charge is 0.397 e. The van der Waals surface area contributed by atoms with Gasteiger partial charge in [-0.05, 0) is 36.4 Å². The van der Waals surface area contributed by atoms with Crippen LogP contribution in [0.5, 0.6) is 0 Å². The summed E-state index contributed by atoms with van der Waals surface area (Å²) in [7, 11) is 1.71. The second-order valence-corrected chi connectivity index (χ2v) is 4.96. The molecule has 0 saturated heterocycles. The lowest BCUT2D eigenvalue weighted by atomic mass is 10.1. The van der Waals surface area contributed by atoms with Crippen molar-refractivity contribution in [1.82, 2.24) is 0 Å². The van der Waals surface area contributed by atoms with Gasteiger partial charge in [-0.2, -0.15) is 5.26 Å². The Hall–Kier alpha value is -2.06. The van der Waals surface area contributed by atoms with E-state index < -0.39 is 0 Å². The molecule has 0 unspecified atom stereocenters. The zero-order chi connectivity index (χ0) is 14.0. The first kappa shape index (κ1) is 13.4.